The summed E-state index contributed by atoms with van der Waals surface area (Å²) in [5.74, 6) is 1.44. The van der Waals surface area contributed by atoms with Crippen LogP contribution in [0.25, 0.3) is 22.0 Å². The molecule has 1 saturated heterocycles. The molecule has 0 aliphatic carbocycles. The van der Waals surface area contributed by atoms with Crippen LogP contribution in [0.4, 0.5) is 11.6 Å². The number of benzene rings is 2. The van der Waals surface area contributed by atoms with E-state index in [-0.39, 0.29) is 0 Å². The number of pyridine rings is 1. The lowest BCUT2D eigenvalue weighted by Crippen LogP contribution is -2.36. The Hall–Kier alpha value is -3.71. The number of ether oxygens (including phenoxy) is 2. The molecule has 5 rings (SSSR count). The number of aromatic nitrogens is 3. The predicted octanol–water partition coefficient (Wildman–Crippen LogP) is 4.15. The molecule has 7 heteroatoms. The molecule has 1 fully saturated rings. The van der Waals surface area contributed by atoms with Crippen molar-refractivity contribution in [2.45, 2.75) is 6.54 Å². The molecule has 1 aliphatic heterocycles. The maximum absolute atomic E-state index is 5.57. The van der Waals surface area contributed by atoms with Gasteiger partial charge >= 0.3 is 0 Å². The maximum Gasteiger partial charge on any atom is 0.223 e. The van der Waals surface area contributed by atoms with Gasteiger partial charge in [-0.2, -0.15) is 0 Å². The second-order valence-electron chi connectivity index (χ2n) is 7.66. The van der Waals surface area contributed by atoms with Gasteiger partial charge in [0.1, 0.15) is 5.75 Å². The van der Waals surface area contributed by atoms with E-state index in [1.165, 1.54) is 11.1 Å². The third-order valence-corrected chi connectivity index (χ3v) is 5.62. The van der Waals surface area contributed by atoms with Crippen molar-refractivity contribution in [1.29, 1.82) is 0 Å². The third-order valence-electron chi connectivity index (χ3n) is 5.62. The van der Waals surface area contributed by atoms with E-state index in [4.69, 9.17) is 14.5 Å². The fraction of sp³-hybridized carbons (Fsp3) is 0.240. The number of fused-ring (bicyclic) bond motifs is 1. The first kappa shape index (κ1) is 20.2. The van der Waals surface area contributed by atoms with Crippen LogP contribution in [0.1, 0.15) is 5.56 Å². The van der Waals surface area contributed by atoms with Crippen LogP contribution >= 0.6 is 0 Å². The lowest BCUT2D eigenvalue weighted by atomic mass is 10.0. The summed E-state index contributed by atoms with van der Waals surface area (Å²) in [5.41, 5.74) is 4.18. The first-order valence-electron chi connectivity index (χ1n) is 10.7. The first-order valence-corrected chi connectivity index (χ1v) is 10.7. The highest BCUT2D eigenvalue weighted by Crippen LogP contribution is 2.35. The van der Waals surface area contributed by atoms with Gasteiger partial charge in [-0.25, -0.2) is 9.97 Å². The SMILES string of the molecule is COc1ccc2cc(-c3ccnc(NCc4cccnc4)n3)cc(N3CCOCC3)c2c1. The Morgan fingerprint density at radius 1 is 1.06 bits per heavy atom. The Labute approximate surface area is 187 Å². The van der Waals surface area contributed by atoms with Crippen LogP contribution < -0.4 is 15.0 Å². The molecule has 32 heavy (non-hydrogen) atoms. The van der Waals surface area contributed by atoms with E-state index in [2.05, 4.69) is 44.5 Å². The zero-order valence-corrected chi connectivity index (χ0v) is 18.0. The summed E-state index contributed by atoms with van der Waals surface area (Å²) in [7, 11) is 1.70. The summed E-state index contributed by atoms with van der Waals surface area (Å²) in [5, 5.41) is 5.61. The molecule has 0 amide bonds. The normalized spacial score (nSPS) is 13.8. The molecule has 2 aromatic carbocycles. The Kier molecular flexibility index (Phi) is 5.81. The van der Waals surface area contributed by atoms with Gasteiger partial charge in [0.25, 0.3) is 0 Å². The molecular weight excluding hydrogens is 402 g/mol. The molecule has 0 radical (unpaired) electrons. The van der Waals surface area contributed by atoms with Crippen molar-refractivity contribution < 1.29 is 9.47 Å². The van der Waals surface area contributed by atoms with Gasteiger partial charge in [-0.15, -0.1) is 0 Å². The second kappa shape index (κ2) is 9.20. The highest BCUT2D eigenvalue weighted by molar-refractivity contribution is 5.98. The van der Waals surface area contributed by atoms with Crippen LogP contribution in [-0.2, 0) is 11.3 Å². The average Bonchev–Trinajstić information content (AvgIpc) is 2.88. The molecule has 3 heterocycles. The molecule has 162 valence electrons. The summed E-state index contributed by atoms with van der Waals surface area (Å²) in [6, 6.07) is 16.5. The molecular formula is C25H25N5O2. The molecule has 0 saturated carbocycles. The average molecular weight is 428 g/mol. The summed E-state index contributed by atoms with van der Waals surface area (Å²) < 4.78 is 11.1. The van der Waals surface area contributed by atoms with E-state index >= 15 is 0 Å². The number of rotatable bonds is 6. The number of nitrogens with one attached hydrogen (secondary N) is 1. The predicted molar refractivity (Wildman–Crippen MR) is 126 cm³/mol. The van der Waals surface area contributed by atoms with Gasteiger partial charge < -0.3 is 19.7 Å². The number of methoxy groups -OCH3 is 1. The van der Waals surface area contributed by atoms with Crippen LogP contribution in [0.2, 0.25) is 0 Å². The van der Waals surface area contributed by atoms with Gasteiger partial charge in [0.05, 0.1) is 26.0 Å². The number of hydrogen-bond acceptors (Lipinski definition) is 7. The fourth-order valence-corrected chi connectivity index (χ4v) is 3.95. The summed E-state index contributed by atoms with van der Waals surface area (Å²) in [6.45, 7) is 3.79. The minimum atomic E-state index is 0.592. The molecule has 0 unspecified atom stereocenters. The van der Waals surface area contributed by atoms with Crippen molar-refractivity contribution in [2.24, 2.45) is 0 Å². The lowest BCUT2D eigenvalue weighted by Gasteiger charge is -2.30. The van der Waals surface area contributed by atoms with Crippen molar-refractivity contribution in [2.75, 3.05) is 43.6 Å². The zero-order chi connectivity index (χ0) is 21.8. The monoisotopic (exact) mass is 427 g/mol. The summed E-state index contributed by atoms with van der Waals surface area (Å²) >= 11 is 0. The zero-order valence-electron chi connectivity index (χ0n) is 18.0. The van der Waals surface area contributed by atoms with E-state index in [1.807, 2.05) is 30.5 Å². The van der Waals surface area contributed by atoms with Crippen LogP contribution in [0.5, 0.6) is 5.75 Å². The smallest absolute Gasteiger partial charge is 0.223 e. The minimum absolute atomic E-state index is 0.592. The topological polar surface area (TPSA) is 72.4 Å². The molecule has 0 spiro atoms. The van der Waals surface area contributed by atoms with E-state index in [0.717, 1.165) is 54.3 Å². The van der Waals surface area contributed by atoms with Gasteiger partial charge in [0.15, 0.2) is 0 Å². The van der Waals surface area contributed by atoms with E-state index < -0.39 is 0 Å². The van der Waals surface area contributed by atoms with E-state index in [9.17, 15) is 0 Å². The Bertz CT molecular complexity index is 1210. The van der Waals surface area contributed by atoms with Crippen molar-refractivity contribution in [3.05, 3.63) is 72.7 Å². The molecule has 7 nitrogen and oxygen atoms in total. The summed E-state index contributed by atoms with van der Waals surface area (Å²) in [6.07, 6.45) is 5.39. The van der Waals surface area contributed by atoms with E-state index in [1.54, 1.807) is 19.5 Å². The second-order valence-corrected chi connectivity index (χ2v) is 7.66. The number of hydrogen-bond donors (Lipinski definition) is 1. The quantitative estimate of drug-likeness (QED) is 0.496. The standard InChI is InChI=1S/C25H25N5O2/c1-31-21-5-4-19-13-20(14-24(22(19)15-21)30-9-11-32-12-10-30)23-6-8-27-25(29-23)28-17-18-3-2-7-26-16-18/h2-8,13-16H,9-12,17H2,1H3,(H,27,28,29). The minimum Gasteiger partial charge on any atom is -0.497 e. The Morgan fingerprint density at radius 3 is 2.78 bits per heavy atom. The van der Waals surface area contributed by atoms with Gasteiger partial charge in [0, 0.05) is 54.9 Å². The van der Waals surface area contributed by atoms with Crippen molar-refractivity contribution in [3.8, 4) is 17.0 Å². The summed E-state index contributed by atoms with van der Waals surface area (Å²) in [4.78, 5) is 15.7. The molecule has 4 aromatic rings. The van der Waals surface area contributed by atoms with Gasteiger partial charge in [-0.05, 0) is 47.3 Å². The van der Waals surface area contributed by atoms with Crippen LogP contribution in [0.3, 0.4) is 0 Å². The van der Waals surface area contributed by atoms with Crippen LogP contribution in [0.15, 0.2) is 67.1 Å². The van der Waals surface area contributed by atoms with Crippen molar-refractivity contribution in [3.63, 3.8) is 0 Å². The molecule has 1 aliphatic rings. The highest BCUT2D eigenvalue weighted by Gasteiger charge is 2.17. The lowest BCUT2D eigenvalue weighted by molar-refractivity contribution is 0.123. The van der Waals surface area contributed by atoms with Crippen molar-refractivity contribution >= 4 is 22.4 Å². The van der Waals surface area contributed by atoms with E-state index in [0.29, 0.717) is 12.5 Å². The maximum atomic E-state index is 5.57. The van der Waals surface area contributed by atoms with Crippen molar-refractivity contribution in [1.82, 2.24) is 15.0 Å². The Balaban J connectivity index is 1.51. The van der Waals surface area contributed by atoms with Gasteiger partial charge in [-0.1, -0.05) is 12.1 Å². The van der Waals surface area contributed by atoms with Crippen LogP contribution in [-0.4, -0.2) is 48.4 Å². The molecule has 1 N–H and O–H groups in total. The largest absolute Gasteiger partial charge is 0.497 e. The molecule has 2 aromatic heterocycles. The molecule has 0 atom stereocenters. The Morgan fingerprint density at radius 2 is 1.97 bits per heavy atom. The number of nitrogens with zero attached hydrogens (tertiary/aromatic N) is 4. The third kappa shape index (κ3) is 4.33. The first-order chi connectivity index (χ1) is 15.8. The van der Waals surface area contributed by atoms with Crippen LogP contribution in [0, 0.1) is 0 Å². The fourth-order valence-electron chi connectivity index (χ4n) is 3.95. The van der Waals surface area contributed by atoms with Gasteiger partial charge in [0.2, 0.25) is 5.95 Å². The number of anilines is 2. The van der Waals surface area contributed by atoms with Gasteiger partial charge in [-0.3, -0.25) is 4.98 Å². The molecule has 0 bridgehead atoms. The highest BCUT2D eigenvalue weighted by atomic mass is 16.5. The number of morpholine rings is 1.